The van der Waals surface area contributed by atoms with E-state index in [1.807, 2.05) is 30.3 Å². The third-order valence-electron chi connectivity index (χ3n) is 2.02. The lowest BCUT2D eigenvalue weighted by Gasteiger charge is -2.01. The van der Waals surface area contributed by atoms with E-state index in [1.165, 1.54) is 0 Å². The first-order valence-electron chi connectivity index (χ1n) is 3.94. The molecule has 62 valence electrons. The van der Waals surface area contributed by atoms with Crippen LogP contribution < -0.4 is 0 Å². The molecule has 0 aliphatic heterocycles. The quantitative estimate of drug-likeness (QED) is 0.627. The van der Waals surface area contributed by atoms with Crippen molar-refractivity contribution in [1.29, 1.82) is 5.26 Å². The molecule has 0 aliphatic rings. The smallest absolute Gasteiger partial charge is 0.0998 e. The molecule has 0 radical (unpaired) electrons. The highest BCUT2D eigenvalue weighted by atomic mass is 32.1. The van der Waals surface area contributed by atoms with Crippen LogP contribution in [0.4, 0.5) is 0 Å². The second-order valence-electron chi connectivity index (χ2n) is 2.79. The zero-order chi connectivity index (χ0) is 9.26. The Labute approximate surface area is 82.0 Å². The molecule has 0 saturated heterocycles. The van der Waals surface area contributed by atoms with E-state index in [2.05, 4.69) is 18.7 Å². The van der Waals surface area contributed by atoms with Gasteiger partial charge in [0, 0.05) is 10.3 Å². The molecule has 0 bridgehead atoms. The van der Waals surface area contributed by atoms with Gasteiger partial charge in [0.25, 0.3) is 0 Å². The van der Waals surface area contributed by atoms with Crippen molar-refractivity contribution in [2.24, 2.45) is 0 Å². The third-order valence-corrected chi connectivity index (χ3v) is 2.41. The minimum absolute atomic E-state index is 0.702. The highest BCUT2D eigenvalue weighted by Gasteiger charge is 2.01. The Morgan fingerprint density at radius 3 is 2.38 bits per heavy atom. The Kier molecular flexibility index (Phi) is 1.96. The van der Waals surface area contributed by atoms with Crippen LogP contribution in [0.25, 0.3) is 10.8 Å². The van der Waals surface area contributed by atoms with Crippen molar-refractivity contribution in [1.82, 2.24) is 0 Å². The maximum atomic E-state index is 8.85. The lowest BCUT2D eigenvalue weighted by atomic mass is 10.1. The molecule has 2 aromatic carbocycles. The van der Waals surface area contributed by atoms with Crippen molar-refractivity contribution >= 4 is 23.4 Å². The first-order valence-corrected chi connectivity index (χ1v) is 4.38. The molecule has 1 nitrogen and oxygen atoms in total. The zero-order valence-corrected chi connectivity index (χ0v) is 7.75. The van der Waals surface area contributed by atoms with Crippen molar-refractivity contribution in [3.05, 3.63) is 42.0 Å². The summed E-state index contributed by atoms with van der Waals surface area (Å²) in [5.41, 5.74) is 0.702. The monoisotopic (exact) mass is 185 g/mol. The Morgan fingerprint density at radius 2 is 1.69 bits per heavy atom. The fraction of sp³-hybridized carbons (Fsp3) is 0. The lowest BCUT2D eigenvalue weighted by molar-refractivity contribution is 1.48. The Bertz CT molecular complexity index is 497. The number of hydrogen-bond acceptors (Lipinski definition) is 2. The van der Waals surface area contributed by atoms with Gasteiger partial charge in [0.15, 0.2) is 0 Å². The van der Waals surface area contributed by atoms with Gasteiger partial charge in [-0.15, -0.1) is 12.6 Å². The number of nitrogens with zero attached hydrogens (tertiary/aromatic N) is 1. The summed E-state index contributed by atoms with van der Waals surface area (Å²) < 4.78 is 0. The fourth-order valence-electron chi connectivity index (χ4n) is 1.38. The van der Waals surface area contributed by atoms with Gasteiger partial charge in [0.1, 0.15) is 0 Å². The van der Waals surface area contributed by atoms with Crippen LogP contribution in [0.2, 0.25) is 0 Å². The van der Waals surface area contributed by atoms with E-state index in [0.717, 1.165) is 15.7 Å². The van der Waals surface area contributed by atoms with Gasteiger partial charge in [-0.3, -0.25) is 0 Å². The molecule has 0 atom stereocenters. The molecule has 2 rings (SSSR count). The van der Waals surface area contributed by atoms with Crippen molar-refractivity contribution in [3.8, 4) is 6.07 Å². The summed E-state index contributed by atoms with van der Waals surface area (Å²) in [4.78, 5) is 0.912. The minimum Gasteiger partial charge on any atom is -0.192 e. The van der Waals surface area contributed by atoms with E-state index in [4.69, 9.17) is 5.26 Å². The number of rotatable bonds is 0. The lowest BCUT2D eigenvalue weighted by Crippen LogP contribution is -1.80. The molecule has 13 heavy (non-hydrogen) atoms. The van der Waals surface area contributed by atoms with Gasteiger partial charge < -0.3 is 0 Å². The van der Waals surface area contributed by atoms with Gasteiger partial charge >= 0.3 is 0 Å². The van der Waals surface area contributed by atoms with Gasteiger partial charge in [0.2, 0.25) is 0 Å². The largest absolute Gasteiger partial charge is 0.192 e. The number of fused-ring (bicyclic) bond motifs is 1. The van der Waals surface area contributed by atoms with Crippen molar-refractivity contribution < 1.29 is 0 Å². The Morgan fingerprint density at radius 1 is 1.00 bits per heavy atom. The topological polar surface area (TPSA) is 23.8 Å². The predicted octanol–water partition coefficient (Wildman–Crippen LogP) is 3.00. The molecule has 0 N–H and O–H groups in total. The molecule has 0 spiro atoms. The summed E-state index contributed by atoms with van der Waals surface area (Å²) in [5.74, 6) is 0. The SMILES string of the molecule is N#Cc1ccc(S)c2ccccc12. The van der Waals surface area contributed by atoms with E-state index < -0.39 is 0 Å². The second kappa shape index (κ2) is 3.12. The van der Waals surface area contributed by atoms with Crippen LogP contribution in [0, 0.1) is 11.3 Å². The van der Waals surface area contributed by atoms with E-state index in [0.29, 0.717) is 5.56 Å². The highest BCUT2D eigenvalue weighted by Crippen LogP contribution is 2.24. The van der Waals surface area contributed by atoms with Gasteiger partial charge in [-0.25, -0.2) is 0 Å². The van der Waals surface area contributed by atoms with E-state index in [1.54, 1.807) is 6.07 Å². The second-order valence-corrected chi connectivity index (χ2v) is 3.27. The molecule has 2 heteroatoms. The maximum Gasteiger partial charge on any atom is 0.0998 e. The number of thiol groups is 1. The molecule has 0 heterocycles. The summed E-state index contributed by atoms with van der Waals surface area (Å²) in [6.07, 6.45) is 0. The fourth-order valence-corrected chi connectivity index (χ4v) is 1.65. The van der Waals surface area contributed by atoms with Crippen molar-refractivity contribution in [2.45, 2.75) is 4.90 Å². The van der Waals surface area contributed by atoms with Crippen LogP contribution in [-0.2, 0) is 0 Å². The summed E-state index contributed by atoms with van der Waals surface area (Å²) in [6, 6.07) is 13.6. The first-order chi connectivity index (χ1) is 6.33. The highest BCUT2D eigenvalue weighted by molar-refractivity contribution is 7.80. The molecule has 0 fully saturated rings. The number of benzene rings is 2. The average molecular weight is 185 g/mol. The molecule has 0 aliphatic carbocycles. The molecule has 0 amide bonds. The van der Waals surface area contributed by atoms with E-state index in [-0.39, 0.29) is 0 Å². The van der Waals surface area contributed by atoms with E-state index in [9.17, 15) is 0 Å². The van der Waals surface area contributed by atoms with Crippen LogP contribution in [0.5, 0.6) is 0 Å². The minimum atomic E-state index is 0.702. The van der Waals surface area contributed by atoms with Crippen LogP contribution >= 0.6 is 12.6 Å². The molecule has 0 saturated carbocycles. The summed E-state index contributed by atoms with van der Waals surface area (Å²) in [7, 11) is 0. The summed E-state index contributed by atoms with van der Waals surface area (Å²) in [6.45, 7) is 0. The van der Waals surface area contributed by atoms with Gasteiger partial charge in [-0.1, -0.05) is 24.3 Å². The van der Waals surface area contributed by atoms with Crippen molar-refractivity contribution in [3.63, 3.8) is 0 Å². The predicted molar refractivity (Wildman–Crippen MR) is 55.9 cm³/mol. The maximum absolute atomic E-state index is 8.85. The van der Waals surface area contributed by atoms with Gasteiger partial charge in [0.05, 0.1) is 11.6 Å². The average Bonchev–Trinajstić information content (AvgIpc) is 2.19. The van der Waals surface area contributed by atoms with Crippen LogP contribution in [0.15, 0.2) is 41.3 Å². The molecule has 0 unspecified atom stereocenters. The zero-order valence-electron chi connectivity index (χ0n) is 6.86. The first kappa shape index (κ1) is 8.15. The number of hydrogen-bond donors (Lipinski definition) is 1. The van der Waals surface area contributed by atoms with Crippen LogP contribution in [-0.4, -0.2) is 0 Å². The molecule has 0 aromatic heterocycles. The number of nitriles is 1. The summed E-state index contributed by atoms with van der Waals surface area (Å²) in [5, 5.41) is 10.9. The summed E-state index contributed by atoms with van der Waals surface area (Å²) >= 11 is 4.33. The molecular weight excluding hydrogens is 178 g/mol. The van der Waals surface area contributed by atoms with Crippen molar-refractivity contribution in [2.75, 3.05) is 0 Å². The molecule has 2 aromatic rings. The van der Waals surface area contributed by atoms with Crippen LogP contribution in [0.1, 0.15) is 5.56 Å². The van der Waals surface area contributed by atoms with Gasteiger partial charge in [-0.05, 0) is 17.5 Å². The van der Waals surface area contributed by atoms with Crippen LogP contribution in [0.3, 0.4) is 0 Å². The Hall–Kier alpha value is -1.46. The normalized spacial score (nSPS) is 9.85. The third kappa shape index (κ3) is 1.28. The van der Waals surface area contributed by atoms with Gasteiger partial charge in [-0.2, -0.15) is 5.26 Å². The molecular formula is C11H7NS. The standard InChI is InChI=1S/C11H7NS/c12-7-8-5-6-11(13)10-4-2-1-3-9(8)10/h1-6,13H. The van der Waals surface area contributed by atoms with E-state index >= 15 is 0 Å². The Balaban J connectivity index is 2.95.